The molecule has 0 N–H and O–H groups in total. The summed E-state index contributed by atoms with van der Waals surface area (Å²) in [5.41, 5.74) is 1.35. The zero-order valence-corrected chi connectivity index (χ0v) is 7.90. The molecule has 14 heavy (non-hydrogen) atoms. The number of carbonyl (C=O) groups excluding carboxylic acids is 1. The molecule has 0 fully saturated rings. The number of carbonyl (C=O) groups is 1. The van der Waals surface area contributed by atoms with Crippen LogP contribution in [0.3, 0.4) is 0 Å². The Balaban J connectivity index is 2.74. The molecule has 3 nitrogen and oxygen atoms in total. The highest BCUT2D eigenvalue weighted by Crippen LogP contribution is 2.03. The van der Waals surface area contributed by atoms with E-state index in [0.717, 1.165) is 5.56 Å². The summed E-state index contributed by atoms with van der Waals surface area (Å²) in [6.07, 6.45) is 5.56. The first-order valence-electron chi connectivity index (χ1n) is 4.24. The van der Waals surface area contributed by atoms with Gasteiger partial charge in [-0.25, -0.2) is 0 Å². The van der Waals surface area contributed by atoms with Gasteiger partial charge < -0.3 is 0 Å². The number of nitriles is 1. The van der Waals surface area contributed by atoms with Gasteiger partial charge in [0.05, 0.1) is 12.5 Å². The predicted molar refractivity (Wildman–Crippen MR) is 53.5 cm³/mol. The average molecular weight is 186 g/mol. The lowest BCUT2D eigenvalue weighted by Crippen LogP contribution is -1.95. The second-order valence-electron chi connectivity index (χ2n) is 2.80. The van der Waals surface area contributed by atoms with E-state index in [9.17, 15) is 4.79 Å². The lowest BCUT2D eigenvalue weighted by molar-refractivity contribution is 0.101. The van der Waals surface area contributed by atoms with Gasteiger partial charge in [0.1, 0.15) is 5.69 Å². The molecular formula is C11H10N2O. The van der Waals surface area contributed by atoms with Gasteiger partial charge in [0.2, 0.25) is 0 Å². The second-order valence-corrected chi connectivity index (χ2v) is 2.80. The van der Waals surface area contributed by atoms with Gasteiger partial charge in [-0.1, -0.05) is 18.2 Å². The van der Waals surface area contributed by atoms with E-state index in [1.165, 1.54) is 6.92 Å². The zero-order chi connectivity index (χ0) is 10.4. The number of hydrogen-bond donors (Lipinski definition) is 0. The van der Waals surface area contributed by atoms with E-state index >= 15 is 0 Å². The Morgan fingerprint density at radius 2 is 2.43 bits per heavy atom. The molecule has 1 aromatic heterocycles. The molecule has 0 spiro atoms. The van der Waals surface area contributed by atoms with E-state index < -0.39 is 0 Å². The summed E-state index contributed by atoms with van der Waals surface area (Å²) in [6, 6.07) is 5.48. The number of ketones is 1. The molecule has 3 heteroatoms. The largest absolute Gasteiger partial charge is 0.293 e. The van der Waals surface area contributed by atoms with Crippen molar-refractivity contribution in [3.05, 3.63) is 35.7 Å². The highest BCUT2D eigenvalue weighted by Gasteiger charge is 1.98. The summed E-state index contributed by atoms with van der Waals surface area (Å²) in [5, 5.41) is 8.30. The molecule has 1 rings (SSSR count). The number of hydrogen-bond acceptors (Lipinski definition) is 3. The van der Waals surface area contributed by atoms with Crippen molar-refractivity contribution < 1.29 is 4.79 Å². The van der Waals surface area contributed by atoms with Crippen LogP contribution in [-0.2, 0) is 0 Å². The molecule has 1 aromatic rings. The Labute approximate surface area is 82.7 Å². The summed E-state index contributed by atoms with van der Waals surface area (Å²) >= 11 is 0. The summed E-state index contributed by atoms with van der Waals surface area (Å²) in [7, 11) is 0. The van der Waals surface area contributed by atoms with Crippen LogP contribution in [0, 0.1) is 11.3 Å². The van der Waals surface area contributed by atoms with E-state index in [1.54, 1.807) is 30.5 Å². The zero-order valence-electron chi connectivity index (χ0n) is 7.90. The third kappa shape index (κ3) is 2.83. The van der Waals surface area contributed by atoms with Crippen molar-refractivity contribution in [2.45, 2.75) is 13.3 Å². The highest BCUT2D eigenvalue weighted by atomic mass is 16.1. The Hall–Kier alpha value is -1.95. The molecular weight excluding hydrogens is 176 g/mol. The van der Waals surface area contributed by atoms with Crippen LogP contribution < -0.4 is 0 Å². The number of rotatable bonds is 3. The summed E-state index contributed by atoms with van der Waals surface area (Å²) in [6.45, 7) is 1.48. The van der Waals surface area contributed by atoms with Crippen LogP contribution in [0.5, 0.6) is 0 Å². The SMILES string of the molecule is CC(=O)c1ccc(C=CCC#N)cn1. The van der Waals surface area contributed by atoms with Crippen molar-refractivity contribution in [3.8, 4) is 6.07 Å². The molecule has 1 heterocycles. The lowest BCUT2D eigenvalue weighted by Gasteiger charge is -1.94. The summed E-state index contributed by atoms with van der Waals surface area (Å²) in [4.78, 5) is 14.9. The minimum absolute atomic E-state index is 0.0439. The molecule has 0 aromatic carbocycles. The smallest absolute Gasteiger partial charge is 0.178 e. The summed E-state index contributed by atoms with van der Waals surface area (Å²) in [5.74, 6) is -0.0439. The fourth-order valence-corrected chi connectivity index (χ4v) is 0.960. The van der Waals surface area contributed by atoms with Gasteiger partial charge in [0.15, 0.2) is 5.78 Å². The van der Waals surface area contributed by atoms with E-state index in [4.69, 9.17) is 5.26 Å². The van der Waals surface area contributed by atoms with Crippen LogP contribution in [-0.4, -0.2) is 10.8 Å². The van der Waals surface area contributed by atoms with Crippen LogP contribution in [0.2, 0.25) is 0 Å². The van der Waals surface area contributed by atoms with Crippen LogP contribution in [0.25, 0.3) is 6.08 Å². The number of Topliss-reactive ketones (excluding diaryl/α,β-unsaturated/α-hetero) is 1. The maximum atomic E-state index is 10.9. The standard InChI is InChI=1S/C11H10N2O/c1-9(14)11-6-5-10(8-13-11)4-2-3-7-12/h2,4-6,8H,3H2,1H3. The van der Waals surface area contributed by atoms with Crippen molar-refractivity contribution in [3.63, 3.8) is 0 Å². The lowest BCUT2D eigenvalue weighted by atomic mass is 10.2. The van der Waals surface area contributed by atoms with E-state index in [1.807, 2.05) is 6.07 Å². The monoisotopic (exact) mass is 186 g/mol. The third-order valence-corrected chi connectivity index (χ3v) is 1.67. The number of aromatic nitrogens is 1. The molecule has 0 aliphatic heterocycles. The summed E-state index contributed by atoms with van der Waals surface area (Å²) < 4.78 is 0. The Kier molecular flexibility index (Phi) is 3.57. The molecule has 0 atom stereocenters. The minimum Gasteiger partial charge on any atom is -0.293 e. The van der Waals surface area contributed by atoms with E-state index in [-0.39, 0.29) is 5.78 Å². The molecule has 70 valence electrons. The molecule has 0 aliphatic carbocycles. The van der Waals surface area contributed by atoms with Crippen LogP contribution >= 0.6 is 0 Å². The van der Waals surface area contributed by atoms with Gasteiger partial charge in [0.25, 0.3) is 0 Å². The maximum Gasteiger partial charge on any atom is 0.178 e. The topological polar surface area (TPSA) is 53.8 Å². The normalized spacial score (nSPS) is 10.0. The van der Waals surface area contributed by atoms with Gasteiger partial charge in [-0.15, -0.1) is 0 Å². The van der Waals surface area contributed by atoms with Gasteiger partial charge in [-0.05, 0) is 11.6 Å². The highest BCUT2D eigenvalue weighted by molar-refractivity contribution is 5.92. The molecule has 0 saturated carbocycles. The third-order valence-electron chi connectivity index (χ3n) is 1.67. The van der Waals surface area contributed by atoms with Crippen molar-refractivity contribution in [2.24, 2.45) is 0 Å². The number of allylic oxidation sites excluding steroid dienone is 1. The van der Waals surface area contributed by atoms with Crippen molar-refractivity contribution in [1.82, 2.24) is 4.98 Å². The molecule has 0 radical (unpaired) electrons. The van der Waals surface area contributed by atoms with Crippen LogP contribution in [0.4, 0.5) is 0 Å². The van der Waals surface area contributed by atoms with Crippen LogP contribution in [0.1, 0.15) is 29.4 Å². The van der Waals surface area contributed by atoms with Gasteiger partial charge >= 0.3 is 0 Å². The fourth-order valence-electron chi connectivity index (χ4n) is 0.960. The molecule has 0 aliphatic rings. The first-order valence-corrected chi connectivity index (χ1v) is 4.24. The molecule has 0 amide bonds. The van der Waals surface area contributed by atoms with Gasteiger partial charge in [-0.2, -0.15) is 5.26 Å². The van der Waals surface area contributed by atoms with Gasteiger partial charge in [-0.3, -0.25) is 9.78 Å². The number of nitrogens with zero attached hydrogens (tertiary/aromatic N) is 2. The van der Waals surface area contributed by atoms with Gasteiger partial charge in [0, 0.05) is 13.1 Å². The Morgan fingerprint density at radius 1 is 1.64 bits per heavy atom. The van der Waals surface area contributed by atoms with E-state index in [0.29, 0.717) is 12.1 Å². The fraction of sp³-hybridized carbons (Fsp3) is 0.182. The first-order chi connectivity index (χ1) is 6.74. The van der Waals surface area contributed by atoms with Crippen molar-refractivity contribution in [1.29, 1.82) is 5.26 Å². The molecule has 0 saturated heterocycles. The Morgan fingerprint density at radius 3 is 2.93 bits per heavy atom. The maximum absolute atomic E-state index is 10.9. The van der Waals surface area contributed by atoms with Crippen molar-refractivity contribution in [2.75, 3.05) is 0 Å². The quantitative estimate of drug-likeness (QED) is 0.680. The minimum atomic E-state index is -0.0439. The Bertz CT molecular complexity index is 385. The molecule has 0 bridgehead atoms. The predicted octanol–water partition coefficient (Wildman–Crippen LogP) is 2.21. The number of pyridine rings is 1. The first kappa shape index (κ1) is 10.1. The average Bonchev–Trinajstić information content (AvgIpc) is 2.19. The van der Waals surface area contributed by atoms with E-state index in [2.05, 4.69) is 4.98 Å². The second kappa shape index (κ2) is 4.93. The van der Waals surface area contributed by atoms with Crippen LogP contribution in [0.15, 0.2) is 24.4 Å². The molecule has 0 unspecified atom stereocenters. The van der Waals surface area contributed by atoms with Crippen molar-refractivity contribution >= 4 is 11.9 Å².